The first-order chi connectivity index (χ1) is 7.77. The van der Waals surface area contributed by atoms with Gasteiger partial charge in [0.15, 0.2) is 5.65 Å². The number of hydrogen-bond acceptors (Lipinski definition) is 2. The largest absolute Gasteiger partial charge is 0.298 e. The van der Waals surface area contributed by atoms with E-state index in [-0.39, 0.29) is 0 Å². The van der Waals surface area contributed by atoms with Crippen molar-refractivity contribution in [3.63, 3.8) is 0 Å². The van der Waals surface area contributed by atoms with Gasteiger partial charge in [-0.3, -0.25) is 4.40 Å². The van der Waals surface area contributed by atoms with Crippen LogP contribution in [0.15, 0.2) is 36.7 Å². The van der Waals surface area contributed by atoms with Crippen molar-refractivity contribution in [3.8, 4) is 0 Å². The van der Waals surface area contributed by atoms with E-state index in [0.717, 1.165) is 22.4 Å². The molecular weight excluding hydrogens is 198 g/mol. The monoisotopic (exact) mass is 211 g/mol. The molecule has 80 valence electrons. The van der Waals surface area contributed by atoms with Crippen molar-refractivity contribution in [2.75, 3.05) is 0 Å². The number of rotatable bonds is 1. The van der Waals surface area contributed by atoms with Crippen LogP contribution in [0.4, 0.5) is 0 Å². The maximum absolute atomic E-state index is 4.69. The number of aromatic nitrogens is 3. The van der Waals surface area contributed by atoms with Crippen molar-refractivity contribution >= 4 is 16.7 Å². The quantitative estimate of drug-likeness (QED) is 0.619. The summed E-state index contributed by atoms with van der Waals surface area (Å²) in [5.74, 6) is 0.419. The first-order valence-corrected chi connectivity index (χ1v) is 5.49. The van der Waals surface area contributed by atoms with Crippen molar-refractivity contribution in [1.82, 2.24) is 14.4 Å². The van der Waals surface area contributed by atoms with Gasteiger partial charge in [-0.25, -0.2) is 9.97 Å². The first-order valence-electron chi connectivity index (χ1n) is 5.49. The molecule has 0 fully saturated rings. The zero-order valence-corrected chi connectivity index (χ0v) is 9.38. The van der Waals surface area contributed by atoms with Crippen LogP contribution in [0, 0.1) is 0 Å². The fourth-order valence-electron chi connectivity index (χ4n) is 2.05. The van der Waals surface area contributed by atoms with Crippen LogP contribution >= 0.6 is 0 Å². The predicted octanol–water partition coefficient (Wildman–Crippen LogP) is 3.01. The van der Waals surface area contributed by atoms with Crippen molar-refractivity contribution in [2.24, 2.45) is 0 Å². The van der Waals surface area contributed by atoms with E-state index in [0.29, 0.717) is 5.92 Å². The summed E-state index contributed by atoms with van der Waals surface area (Å²) in [6.07, 6.45) is 3.84. The summed E-state index contributed by atoms with van der Waals surface area (Å²) in [6, 6.07) is 8.07. The molecule has 16 heavy (non-hydrogen) atoms. The molecule has 3 nitrogen and oxygen atoms in total. The Morgan fingerprint density at radius 1 is 1.19 bits per heavy atom. The maximum atomic E-state index is 4.69. The molecule has 0 aliphatic rings. The molecule has 3 rings (SSSR count). The van der Waals surface area contributed by atoms with Crippen LogP contribution < -0.4 is 0 Å². The summed E-state index contributed by atoms with van der Waals surface area (Å²) in [4.78, 5) is 9.07. The molecule has 0 atom stereocenters. The topological polar surface area (TPSA) is 30.2 Å². The van der Waals surface area contributed by atoms with Crippen molar-refractivity contribution in [1.29, 1.82) is 0 Å². The van der Waals surface area contributed by atoms with Crippen LogP contribution in [-0.2, 0) is 0 Å². The molecule has 0 unspecified atom stereocenters. The average molecular weight is 211 g/mol. The van der Waals surface area contributed by atoms with E-state index in [1.165, 1.54) is 0 Å². The van der Waals surface area contributed by atoms with E-state index >= 15 is 0 Å². The summed E-state index contributed by atoms with van der Waals surface area (Å²) in [5.41, 5.74) is 4.16. The highest BCUT2D eigenvalue weighted by Crippen LogP contribution is 2.22. The van der Waals surface area contributed by atoms with Crippen LogP contribution in [0.5, 0.6) is 0 Å². The third-order valence-electron chi connectivity index (χ3n) is 2.79. The molecule has 0 aliphatic carbocycles. The summed E-state index contributed by atoms with van der Waals surface area (Å²) >= 11 is 0. The number of nitrogens with zero attached hydrogens (tertiary/aromatic N) is 3. The summed E-state index contributed by atoms with van der Waals surface area (Å²) in [6.45, 7) is 4.33. The third-order valence-corrected chi connectivity index (χ3v) is 2.79. The van der Waals surface area contributed by atoms with Crippen LogP contribution in [0.25, 0.3) is 16.7 Å². The van der Waals surface area contributed by atoms with Gasteiger partial charge in [0.1, 0.15) is 5.52 Å². The lowest BCUT2D eigenvalue weighted by Gasteiger charge is -2.09. The second-order valence-corrected chi connectivity index (χ2v) is 4.26. The average Bonchev–Trinajstić information content (AvgIpc) is 2.76. The minimum absolute atomic E-state index is 0.419. The normalized spacial score (nSPS) is 11.7. The fourth-order valence-corrected chi connectivity index (χ4v) is 2.05. The molecular formula is C13H13N3. The highest BCUT2D eigenvalue weighted by molar-refractivity contribution is 5.76. The number of hydrogen-bond donors (Lipinski definition) is 0. The van der Waals surface area contributed by atoms with Gasteiger partial charge in [0, 0.05) is 12.4 Å². The Labute approximate surface area is 93.8 Å². The number of fused-ring (bicyclic) bond motifs is 3. The number of pyridine rings is 1. The molecule has 0 N–H and O–H groups in total. The van der Waals surface area contributed by atoms with Gasteiger partial charge in [0.2, 0.25) is 0 Å². The highest BCUT2D eigenvalue weighted by Gasteiger charge is 2.10. The molecule has 0 radical (unpaired) electrons. The van der Waals surface area contributed by atoms with Gasteiger partial charge in [0.05, 0.1) is 11.2 Å². The molecule has 0 saturated carbocycles. The first kappa shape index (κ1) is 9.33. The summed E-state index contributed by atoms with van der Waals surface area (Å²) < 4.78 is 2.11. The Morgan fingerprint density at radius 3 is 2.88 bits per heavy atom. The van der Waals surface area contributed by atoms with E-state index in [9.17, 15) is 0 Å². The lowest BCUT2D eigenvalue weighted by Crippen LogP contribution is -2.00. The smallest absolute Gasteiger partial charge is 0.163 e. The van der Waals surface area contributed by atoms with Gasteiger partial charge < -0.3 is 0 Å². The Morgan fingerprint density at radius 2 is 2.06 bits per heavy atom. The van der Waals surface area contributed by atoms with E-state index in [4.69, 9.17) is 4.98 Å². The molecule has 3 aromatic rings. The van der Waals surface area contributed by atoms with Gasteiger partial charge in [-0.2, -0.15) is 0 Å². The Balaban J connectivity index is 2.53. The molecule has 0 aromatic carbocycles. The minimum Gasteiger partial charge on any atom is -0.298 e. The Bertz CT molecular complexity index is 652. The Kier molecular flexibility index (Phi) is 1.93. The van der Waals surface area contributed by atoms with Crippen LogP contribution in [0.1, 0.15) is 25.5 Å². The second kappa shape index (κ2) is 3.30. The van der Waals surface area contributed by atoms with E-state index in [1.807, 2.05) is 24.4 Å². The van der Waals surface area contributed by atoms with Gasteiger partial charge in [0.25, 0.3) is 0 Å². The predicted molar refractivity (Wildman–Crippen MR) is 64.6 cm³/mol. The lowest BCUT2D eigenvalue weighted by atomic mass is 10.1. The lowest BCUT2D eigenvalue weighted by molar-refractivity contribution is 0.831. The minimum atomic E-state index is 0.419. The molecule has 0 bridgehead atoms. The van der Waals surface area contributed by atoms with Crippen molar-refractivity contribution in [2.45, 2.75) is 19.8 Å². The molecule has 3 heteroatoms. The third kappa shape index (κ3) is 1.21. The standard InChI is InChI=1S/C13H13N3/c1-9(2)12-11-6-4-8-16(11)13-10(15-12)5-3-7-14-13/h3-9H,1-2H3. The Hall–Kier alpha value is -1.90. The second-order valence-electron chi connectivity index (χ2n) is 4.26. The molecule has 0 aliphatic heterocycles. The maximum Gasteiger partial charge on any atom is 0.163 e. The van der Waals surface area contributed by atoms with Crippen LogP contribution in [0.2, 0.25) is 0 Å². The molecule has 3 aromatic heterocycles. The zero-order chi connectivity index (χ0) is 11.1. The van der Waals surface area contributed by atoms with Gasteiger partial charge in [-0.1, -0.05) is 13.8 Å². The van der Waals surface area contributed by atoms with Crippen molar-refractivity contribution in [3.05, 3.63) is 42.4 Å². The highest BCUT2D eigenvalue weighted by atomic mass is 15.0. The van der Waals surface area contributed by atoms with Crippen LogP contribution in [-0.4, -0.2) is 14.4 Å². The molecule has 3 heterocycles. The SMILES string of the molecule is CC(C)c1nc2cccnc2n2cccc12. The van der Waals surface area contributed by atoms with Gasteiger partial charge in [-0.15, -0.1) is 0 Å². The van der Waals surface area contributed by atoms with Gasteiger partial charge in [-0.05, 0) is 30.2 Å². The molecule has 0 spiro atoms. The van der Waals surface area contributed by atoms with Crippen molar-refractivity contribution < 1.29 is 0 Å². The fraction of sp³-hybridized carbons (Fsp3) is 0.231. The van der Waals surface area contributed by atoms with E-state index in [2.05, 4.69) is 29.3 Å². The molecule has 0 saturated heterocycles. The van der Waals surface area contributed by atoms with Gasteiger partial charge >= 0.3 is 0 Å². The van der Waals surface area contributed by atoms with E-state index in [1.54, 1.807) is 6.20 Å². The zero-order valence-electron chi connectivity index (χ0n) is 9.38. The van der Waals surface area contributed by atoms with Crippen LogP contribution in [0.3, 0.4) is 0 Å². The molecule has 0 amide bonds. The summed E-state index contributed by atoms with van der Waals surface area (Å²) in [5, 5.41) is 0. The van der Waals surface area contributed by atoms with E-state index < -0.39 is 0 Å². The summed E-state index contributed by atoms with van der Waals surface area (Å²) in [7, 11) is 0.